The van der Waals surface area contributed by atoms with Crippen molar-refractivity contribution >= 4 is 5.97 Å². The second-order valence-corrected chi connectivity index (χ2v) is 4.98. The van der Waals surface area contributed by atoms with Crippen LogP contribution in [-0.2, 0) is 22.6 Å². The minimum atomic E-state index is -0.354. The molecule has 2 aromatic heterocycles. The van der Waals surface area contributed by atoms with Gasteiger partial charge in [0.1, 0.15) is 11.5 Å². The van der Waals surface area contributed by atoms with Gasteiger partial charge in [-0.3, -0.25) is 4.79 Å². The van der Waals surface area contributed by atoms with E-state index in [0.717, 1.165) is 11.3 Å². The number of carbonyl (C=O) groups is 1. The van der Waals surface area contributed by atoms with E-state index in [1.807, 2.05) is 24.3 Å². The van der Waals surface area contributed by atoms with Crippen molar-refractivity contribution in [3.63, 3.8) is 0 Å². The number of hydrogen-bond donors (Lipinski definition) is 0. The summed E-state index contributed by atoms with van der Waals surface area (Å²) in [6, 6.07) is 10.9. The van der Waals surface area contributed by atoms with Crippen LogP contribution in [0.2, 0.25) is 0 Å². The molecule has 2 heterocycles. The molecular formula is C17H16N2O5. The Balaban J connectivity index is 1.53. The topological polar surface area (TPSA) is 87.6 Å². The van der Waals surface area contributed by atoms with E-state index < -0.39 is 0 Å². The molecule has 3 rings (SSSR count). The molecule has 7 heteroatoms. The lowest BCUT2D eigenvalue weighted by molar-refractivity contribution is -0.145. The summed E-state index contributed by atoms with van der Waals surface area (Å²) in [6.07, 6.45) is 2.29. The molecule has 0 N–H and O–H groups in total. The Morgan fingerprint density at radius 1 is 1.25 bits per heavy atom. The fourth-order valence-electron chi connectivity index (χ4n) is 2.09. The second kappa shape index (κ2) is 7.45. The first-order valence-electron chi connectivity index (χ1n) is 7.39. The molecule has 7 nitrogen and oxygen atoms in total. The molecule has 1 aromatic carbocycles. The van der Waals surface area contributed by atoms with E-state index >= 15 is 0 Å². The number of benzene rings is 1. The highest BCUT2D eigenvalue weighted by Gasteiger charge is 2.12. The molecule has 0 aliphatic rings. The summed E-state index contributed by atoms with van der Waals surface area (Å²) >= 11 is 0. The Morgan fingerprint density at radius 3 is 2.96 bits per heavy atom. The van der Waals surface area contributed by atoms with E-state index in [4.69, 9.17) is 18.4 Å². The fourth-order valence-corrected chi connectivity index (χ4v) is 2.09. The molecule has 124 valence electrons. The van der Waals surface area contributed by atoms with Crippen molar-refractivity contribution < 1.29 is 23.2 Å². The summed E-state index contributed by atoms with van der Waals surface area (Å²) in [5.41, 5.74) is 0.758. The van der Waals surface area contributed by atoms with Gasteiger partial charge in [0.15, 0.2) is 6.61 Å². The number of nitrogens with zero attached hydrogens (tertiary/aromatic N) is 2. The molecule has 0 aliphatic heterocycles. The number of aromatic nitrogens is 2. The first kappa shape index (κ1) is 15.8. The number of furan rings is 1. The Labute approximate surface area is 138 Å². The minimum absolute atomic E-state index is 0.0616. The second-order valence-electron chi connectivity index (χ2n) is 4.98. The summed E-state index contributed by atoms with van der Waals surface area (Å²) < 4.78 is 20.5. The lowest BCUT2D eigenvalue weighted by atomic mass is 10.2. The Morgan fingerprint density at radius 2 is 2.17 bits per heavy atom. The average Bonchev–Trinajstić information content (AvgIpc) is 3.30. The third-order valence-corrected chi connectivity index (χ3v) is 3.31. The van der Waals surface area contributed by atoms with E-state index in [9.17, 15) is 4.79 Å². The van der Waals surface area contributed by atoms with Gasteiger partial charge in [-0.2, -0.15) is 4.98 Å². The van der Waals surface area contributed by atoms with Crippen LogP contribution in [0.15, 0.2) is 51.6 Å². The van der Waals surface area contributed by atoms with E-state index in [1.54, 1.807) is 25.5 Å². The minimum Gasteiger partial charge on any atom is -0.497 e. The third-order valence-electron chi connectivity index (χ3n) is 3.31. The van der Waals surface area contributed by atoms with Gasteiger partial charge >= 0.3 is 5.97 Å². The highest BCUT2D eigenvalue weighted by molar-refractivity contribution is 5.69. The number of aryl methyl sites for hydroxylation is 1. The van der Waals surface area contributed by atoms with Crippen molar-refractivity contribution in [3.05, 3.63) is 54.3 Å². The van der Waals surface area contributed by atoms with E-state index in [0.29, 0.717) is 18.0 Å². The zero-order chi connectivity index (χ0) is 16.8. The summed E-state index contributed by atoms with van der Waals surface area (Å²) in [5.74, 6) is 1.73. The quantitative estimate of drug-likeness (QED) is 0.616. The third kappa shape index (κ3) is 4.01. The van der Waals surface area contributed by atoms with Crippen LogP contribution in [0, 0.1) is 0 Å². The molecule has 0 spiro atoms. The number of carbonyl (C=O) groups excluding carboxylic acids is 1. The average molecular weight is 328 g/mol. The lowest BCUT2D eigenvalue weighted by Gasteiger charge is -2.00. The Bertz CT molecular complexity index is 795. The SMILES string of the molecule is COc1cccc(-c2noc(COC(=O)CCc3ccco3)n2)c1. The Kier molecular flexibility index (Phi) is 4.90. The van der Waals surface area contributed by atoms with Crippen LogP contribution in [-0.4, -0.2) is 23.2 Å². The first-order valence-corrected chi connectivity index (χ1v) is 7.39. The van der Waals surface area contributed by atoms with Gasteiger partial charge in [0.2, 0.25) is 5.82 Å². The summed E-state index contributed by atoms with van der Waals surface area (Å²) in [5, 5.41) is 3.88. The van der Waals surface area contributed by atoms with Crippen LogP contribution in [0.3, 0.4) is 0 Å². The van der Waals surface area contributed by atoms with Crippen molar-refractivity contribution in [2.75, 3.05) is 7.11 Å². The molecule has 0 atom stereocenters. The molecule has 0 saturated carbocycles. The Hall–Kier alpha value is -3.09. The van der Waals surface area contributed by atoms with Gasteiger partial charge in [0.05, 0.1) is 19.8 Å². The van der Waals surface area contributed by atoms with Gasteiger partial charge in [-0.1, -0.05) is 17.3 Å². The predicted molar refractivity (Wildman–Crippen MR) is 83.1 cm³/mol. The van der Waals surface area contributed by atoms with Crippen LogP contribution < -0.4 is 4.74 Å². The number of rotatable bonds is 7. The first-order chi connectivity index (χ1) is 11.7. The maximum absolute atomic E-state index is 11.7. The van der Waals surface area contributed by atoms with Crippen molar-refractivity contribution in [1.82, 2.24) is 10.1 Å². The largest absolute Gasteiger partial charge is 0.497 e. The molecule has 0 amide bonds. The van der Waals surface area contributed by atoms with Gasteiger partial charge in [-0.15, -0.1) is 0 Å². The van der Waals surface area contributed by atoms with Crippen LogP contribution in [0.25, 0.3) is 11.4 Å². The molecule has 3 aromatic rings. The summed E-state index contributed by atoms with van der Waals surface area (Å²) in [6.45, 7) is -0.0616. The fraction of sp³-hybridized carbons (Fsp3) is 0.235. The van der Waals surface area contributed by atoms with Crippen LogP contribution >= 0.6 is 0 Å². The van der Waals surface area contributed by atoms with Crippen molar-refractivity contribution in [2.24, 2.45) is 0 Å². The molecule has 0 aliphatic carbocycles. The molecule has 24 heavy (non-hydrogen) atoms. The molecule has 0 fully saturated rings. The van der Waals surface area contributed by atoms with E-state index in [-0.39, 0.29) is 24.9 Å². The van der Waals surface area contributed by atoms with Gasteiger partial charge in [-0.05, 0) is 24.3 Å². The molecule has 0 unspecified atom stereocenters. The van der Waals surface area contributed by atoms with Gasteiger partial charge in [0.25, 0.3) is 5.89 Å². The molecular weight excluding hydrogens is 312 g/mol. The van der Waals surface area contributed by atoms with Gasteiger partial charge in [-0.25, -0.2) is 0 Å². The maximum Gasteiger partial charge on any atom is 0.306 e. The van der Waals surface area contributed by atoms with E-state index in [1.165, 1.54) is 0 Å². The highest BCUT2D eigenvalue weighted by Crippen LogP contribution is 2.21. The van der Waals surface area contributed by atoms with Crippen LogP contribution in [0.5, 0.6) is 5.75 Å². The number of methoxy groups -OCH3 is 1. The maximum atomic E-state index is 11.7. The highest BCUT2D eigenvalue weighted by atomic mass is 16.6. The smallest absolute Gasteiger partial charge is 0.306 e. The van der Waals surface area contributed by atoms with Gasteiger partial charge < -0.3 is 18.4 Å². The standard InChI is InChI=1S/C17H16N2O5/c1-21-14-5-2-4-12(10-14)17-18-15(24-19-17)11-23-16(20)8-7-13-6-3-9-22-13/h2-6,9-10H,7-8,11H2,1H3. The molecule has 0 radical (unpaired) electrons. The normalized spacial score (nSPS) is 10.5. The zero-order valence-electron chi connectivity index (χ0n) is 13.1. The van der Waals surface area contributed by atoms with Crippen molar-refractivity contribution in [3.8, 4) is 17.1 Å². The summed E-state index contributed by atoms with van der Waals surface area (Å²) in [7, 11) is 1.59. The molecule has 0 saturated heterocycles. The number of esters is 1. The van der Waals surface area contributed by atoms with Crippen LogP contribution in [0.4, 0.5) is 0 Å². The van der Waals surface area contributed by atoms with E-state index in [2.05, 4.69) is 10.1 Å². The summed E-state index contributed by atoms with van der Waals surface area (Å²) in [4.78, 5) is 15.9. The number of ether oxygens (including phenoxy) is 2. The number of hydrogen-bond acceptors (Lipinski definition) is 7. The lowest BCUT2D eigenvalue weighted by Crippen LogP contribution is -2.05. The van der Waals surface area contributed by atoms with Crippen molar-refractivity contribution in [1.29, 1.82) is 0 Å². The van der Waals surface area contributed by atoms with Gasteiger partial charge in [0, 0.05) is 12.0 Å². The zero-order valence-corrected chi connectivity index (χ0v) is 13.1. The van der Waals surface area contributed by atoms with Crippen molar-refractivity contribution in [2.45, 2.75) is 19.4 Å². The molecule has 0 bridgehead atoms. The van der Waals surface area contributed by atoms with Crippen LogP contribution in [0.1, 0.15) is 18.1 Å². The monoisotopic (exact) mass is 328 g/mol. The predicted octanol–water partition coefficient (Wildman–Crippen LogP) is 3.01.